The standard InChI is InChI=1S/C10H13ClN4O2/c1-2-3-12-9(16)6-15-10(17)7-4-14-8(11)5-13-7/h4-5H,2-3,6H2,1H3,(H,12,16)(H,15,17). The van der Waals surface area contributed by atoms with E-state index < -0.39 is 5.91 Å². The Balaban J connectivity index is 2.39. The van der Waals surface area contributed by atoms with Crippen LogP contribution in [0.1, 0.15) is 23.8 Å². The summed E-state index contributed by atoms with van der Waals surface area (Å²) in [6, 6.07) is 0. The molecule has 1 aromatic rings. The fourth-order valence-electron chi connectivity index (χ4n) is 1.01. The zero-order chi connectivity index (χ0) is 12.7. The molecule has 0 spiro atoms. The minimum atomic E-state index is -0.458. The highest BCUT2D eigenvalue weighted by Gasteiger charge is 2.09. The van der Waals surface area contributed by atoms with Gasteiger partial charge in [-0.15, -0.1) is 0 Å². The molecule has 0 radical (unpaired) electrons. The third-order valence-corrected chi connectivity index (χ3v) is 2.03. The molecule has 0 aromatic carbocycles. The Bertz CT molecular complexity index is 394. The van der Waals surface area contributed by atoms with Gasteiger partial charge in [-0.3, -0.25) is 9.59 Å². The third kappa shape index (κ3) is 4.78. The Morgan fingerprint density at radius 2 is 2.06 bits per heavy atom. The number of aromatic nitrogens is 2. The smallest absolute Gasteiger partial charge is 0.271 e. The first-order chi connectivity index (χ1) is 8.13. The normalized spacial score (nSPS) is 9.76. The second-order valence-corrected chi connectivity index (χ2v) is 3.64. The summed E-state index contributed by atoms with van der Waals surface area (Å²) in [5.41, 5.74) is 0.123. The van der Waals surface area contributed by atoms with Gasteiger partial charge in [-0.25, -0.2) is 9.97 Å². The molecule has 1 rings (SSSR count). The highest BCUT2D eigenvalue weighted by Crippen LogP contribution is 2.00. The molecular formula is C10H13ClN4O2. The number of hydrogen-bond acceptors (Lipinski definition) is 4. The van der Waals surface area contributed by atoms with Gasteiger partial charge in [0, 0.05) is 6.54 Å². The SMILES string of the molecule is CCCNC(=O)CNC(=O)c1cnc(Cl)cn1. The number of nitrogens with zero attached hydrogens (tertiary/aromatic N) is 2. The van der Waals surface area contributed by atoms with Crippen molar-refractivity contribution in [3.8, 4) is 0 Å². The van der Waals surface area contributed by atoms with E-state index in [-0.39, 0.29) is 23.3 Å². The first kappa shape index (κ1) is 13.4. The van der Waals surface area contributed by atoms with Gasteiger partial charge < -0.3 is 10.6 Å². The van der Waals surface area contributed by atoms with E-state index in [2.05, 4.69) is 20.6 Å². The number of amides is 2. The van der Waals surface area contributed by atoms with Crippen LogP contribution < -0.4 is 10.6 Å². The molecule has 1 heterocycles. The van der Waals surface area contributed by atoms with Crippen LogP contribution in [0.4, 0.5) is 0 Å². The summed E-state index contributed by atoms with van der Waals surface area (Å²) in [6.45, 7) is 2.46. The molecule has 1 aromatic heterocycles. The molecule has 2 amide bonds. The highest BCUT2D eigenvalue weighted by molar-refractivity contribution is 6.29. The topological polar surface area (TPSA) is 84.0 Å². The molecule has 0 aliphatic rings. The Labute approximate surface area is 104 Å². The van der Waals surface area contributed by atoms with Crippen LogP contribution in [0, 0.1) is 0 Å². The second kappa shape index (κ2) is 6.80. The minimum Gasteiger partial charge on any atom is -0.355 e. The Hall–Kier alpha value is -1.69. The average Bonchev–Trinajstić information content (AvgIpc) is 2.34. The van der Waals surface area contributed by atoms with E-state index in [9.17, 15) is 9.59 Å². The molecule has 6 nitrogen and oxygen atoms in total. The van der Waals surface area contributed by atoms with Gasteiger partial charge in [-0.2, -0.15) is 0 Å². The summed E-state index contributed by atoms with van der Waals surface area (Å²) in [4.78, 5) is 30.2. The maximum absolute atomic E-state index is 11.5. The molecular weight excluding hydrogens is 244 g/mol. The molecule has 0 fully saturated rings. The summed E-state index contributed by atoms with van der Waals surface area (Å²) in [7, 11) is 0. The lowest BCUT2D eigenvalue weighted by Gasteiger charge is -2.05. The van der Waals surface area contributed by atoms with Crippen LogP contribution in [-0.2, 0) is 4.79 Å². The number of halogens is 1. The monoisotopic (exact) mass is 256 g/mol. The number of nitrogens with one attached hydrogen (secondary N) is 2. The van der Waals surface area contributed by atoms with E-state index in [1.807, 2.05) is 6.92 Å². The van der Waals surface area contributed by atoms with Crippen molar-refractivity contribution < 1.29 is 9.59 Å². The maximum atomic E-state index is 11.5. The van der Waals surface area contributed by atoms with E-state index >= 15 is 0 Å². The van der Waals surface area contributed by atoms with Gasteiger partial charge in [0.1, 0.15) is 10.8 Å². The zero-order valence-corrected chi connectivity index (χ0v) is 10.1. The van der Waals surface area contributed by atoms with Crippen molar-refractivity contribution in [2.75, 3.05) is 13.1 Å². The molecule has 0 saturated carbocycles. The molecule has 7 heteroatoms. The van der Waals surface area contributed by atoms with Crippen molar-refractivity contribution in [2.45, 2.75) is 13.3 Å². The lowest BCUT2D eigenvalue weighted by Crippen LogP contribution is -2.37. The average molecular weight is 257 g/mol. The second-order valence-electron chi connectivity index (χ2n) is 3.26. The van der Waals surface area contributed by atoms with Crippen molar-refractivity contribution >= 4 is 23.4 Å². The number of carbonyl (C=O) groups is 2. The first-order valence-electron chi connectivity index (χ1n) is 5.16. The predicted octanol–water partition coefficient (Wildman–Crippen LogP) is 0.386. The van der Waals surface area contributed by atoms with Crippen LogP contribution in [-0.4, -0.2) is 34.9 Å². The van der Waals surface area contributed by atoms with Crippen LogP contribution in [0.2, 0.25) is 5.15 Å². The first-order valence-corrected chi connectivity index (χ1v) is 5.53. The van der Waals surface area contributed by atoms with Crippen molar-refractivity contribution in [3.63, 3.8) is 0 Å². The van der Waals surface area contributed by atoms with E-state index in [1.54, 1.807) is 0 Å². The van der Waals surface area contributed by atoms with Gasteiger partial charge in [-0.05, 0) is 6.42 Å². The molecule has 17 heavy (non-hydrogen) atoms. The summed E-state index contributed by atoms with van der Waals surface area (Å²) < 4.78 is 0. The van der Waals surface area contributed by atoms with Crippen LogP contribution in [0.25, 0.3) is 0 Å². The van der Waals surface area contributed by atoms with Crippen molar-refractivity contribution in [1.82, 2.24) is 20.6 Å². The molecule has 0 unspecified atom stereocenters. The predicted molar refractivity (Wildman–Crippen MR) is 62.7 cm³/mol. The summed E-state index contributed by atoms with van der Waals surface area (Å²) in [6.07, 6.45) is 3.37. The van der Waals surface area contributed by atoms with E-state index in [1.165, 1.54) is 12.4 Å². The molecule has 92 valence electrons. The van der Waals surface area contributed by atoms with Crippen molar-refractivity contribution in [3.05, 3.63) is 23.2 Å². The van der Waals surface area contributed by atoms with Crippen molar-refractivity contribution in [2.24, 2.45) is 0 Å². The number of carbonyl (C=O) groups excluding carboxylic acids is 2. The van der Waals surface area contributed by atoms with Gasteiger partial charge >= 0.3 is 0 Å². The van der Waals surface area contributed by atoms with Crippen LogP contribution >= 0.6 is 11.6 Å². The molecule has 0 atom stereocenters. The Morgan fingerprint density at radius 1 is 1.29 bits per heavy atom. The lowest BCUT2D eigenvalue weighted by molar-refractivity contribution is -0.120. The lowest BCUT2D eigenvalue weighted by atomic mass is 10.4. The molecule has 0 aliphatic carbocycles. The van der Waals surface area contributed by atoms with Gasteiger partial charge in [0.15, 0.2) is 0 Å². The summed E-state index contributed by atoms with van der Waals surface area (Å²) >= 11 is 5.53. The minimum absolute atomic E-state index is 0.0802. The molecule has 2 N–H and O–H groups in total. The Morgan fingerprint density at radius 3 is 2.65 bits per heavy atom. The number of hydrogen-bond donors (Lipinski definition) is 2. The fraction of sp³-hybridized carbons (Fsp3) is 0.400. The van der Waals surface area contributed by atoms with Crippen molar-refractivity contribution in [1.29, 1.82) is 0 Å². The van der Waals surface area contributed by atoms with Gasteiger partial charge in [0.2, 0.25) is 5.91 Å². The molecule has 0 aliphatic heterocycles. The number of rotatable bonds is 5. The van der Waals surface area contributed by atoms with Crippen LogP contribution in [0.3, 0.4) is 0 Å². The molecule has 0 saturated heterocycles. The van der Waals surface area contributed by atoms with Gasteiger partial charge in [0.25, 0.3) is 5.91 Å². The molecule has 0 bridgehead atoms. The van der Waals surface area contributed by atoms with E-state index in [0.29, 0.717) is 6.54 Å². The summed E-state index contributed by atoms with van der Waals surface area (Å²) in [5, 5.41) is 5.28. The van der Waals surface area contributed by atoms with Gasteiger partial charge in [0.05, 0.1) is 18.9 Å². The van der Waals surface area contributed by atoms with E-state index in [4.69, 9.17) is 11.6 Å². The highest BCUT2D eigenvalue weighted by atomic mass is 35.5. The Kier molecular flexibility index (Phi) is 5.35. The zero-order valence-electron chi connectivity index (χ0n) is 9.36. The quantitative estimate of drug-likeness (QED) is 0.798. The maximum Gasteiger partial charge on any atom is 0.271 e. The largest absolute Gasteiger partial charge is 0.355 e. The van der Waals surface area contributed by atoms with Crippen LogP contribution in [0.5, 0.6) is 0 Å². The summed E-state index contributed by atoms with van der Waals surface area (Å²) in [5.74, 6) is -0.692. The van der Waals surface area contributed by atoms with Crippen LogP contribution in [0.15, 0.2) is 12.4 Å². The fourth-order valence-corrected chi connectivity index (χ4v) is 1.11. The third-order valence-electron chi connectivity index (χ3n) is 1.83. The van der Waals surface area contributed by atoms with Gasteiger partial charge in [-0.1, -0.05) is 18.5 Å². The van der Waals surface area contributed by atoms with E-state index in [0.717, 1.165) is 6.42 Å².